The Kier molecular flexibility index (Phi) is 6.99. The normalized spacial score (nSPS) is 14.0. The van der Waals surface area contributed by atoms with Gasteiger partial charge in [-0.1, -0.05) is 42.5 Å². The predicted molar refractivity (Wildman–Crippen MR) is 101 cm³/mol. The maximum absolute atomic E-state index is 11.3. The van der Waals surface area contributed by atoms with Gasteiger partial charge < -0.3 is 10.1 Å². The second-order valence-corrected chi connectivity index (χ2v) is 8.04. The summed E-state index contributed by atoms with van der Waals surface area (Å²) in [5, 5.41) is 3.42. The summed E-state index contributed by atoms with van der Waals surface area (Å²) in [4.78, 5) is 0. The Morgan fingerprint density at radius 3 is 2.24 bits per heavy atom. The fraction of sp³-hybridized carbons (Fsp3) is 0.368. The fourth-order valence-corrected chi connectivity index (χ4v) is 3.18. The van der Waals surface area contributed by atoms with E-state index >= 15 is 0 Å². The van der Waals surface area contributed by atoms with E-state index in [0.29, 0.717) is 6.61 Å². The lowest BCUT2D eigenvalue weighted by molar-refractivity contribution is 0.272. The smallest absolute Gasteiger partial charge is 0.209 e. The third-order valence-electron chi connectivity index (χ3n) is 3.77. The Morgan fingerprint density at radius 1 is 1.00 bits per heavy atom. The minimum atomic E-state index is -3.21. The van der Waals surface area contributed by atoms with Crippen molar-refractivity contribution >= 4 is 10.0 Å². The summed E-state index contributed by atoms with van der Waals surface area (Å²) in [6, 6.07) is 17.6. The lowest BCUT2D eigenvalue weighted by atomic mass is 10.1. The molecule has 2 atom stereocenters. The van der Waals surface area contributed by atoms with Crippen LogP contribution in [0.15, 0.2) is 54.6 Å². The van der Waals surface area contributed by atoms with Crippen LogP contribution in [0, 0.1) is 0 Å². The number of ether oxygens (including phenoxy) is 1. The maximum Gasteiger partial charge on any atom is 0.209 e. The molecule has 25 heavy (non-hydrogen) atoms. The van der Waals surface area contributed by atoms with Gasteiger partial charge in [-0.2, -0.15) is 0 Å². The Labute approximate surface area is 150 Å². The number of nitrogens with one attached hydrogen (secondary N) is 2. The summed E-state index contributed by atoms with van der Waals surface area (Å²) in [6.07, 6.45) is 1.17. The van der Waals surface area contributed by atoms with Crippen LogP contribution in [-0.4, -0.2) is 27.3 Å². The second-order valence-electron chi connectivity index (χ2n) is 6.26. The topological polar surface area (TPSA) is 67.4 Å². The summed E-state index contributed by atoms with van der Waals surface area (Å²) in [7, 11) is -3.21. The van der Waals surface area contributed by atoms with Crippen molar-refractivity contribution in [2.45, 2.75) is 32.5 Å². The van der Waals surface area contributed by atoms with Crippen molar-refractivity contribution in [2.75, 3.05) is 12.9 Å². The van der Waals surface area contributed by atoms with Gasteiger partial charge in [0.2, 0.25) is 10.0 Å². The van der Waals surface area contributed by atoms with Crippen molar-refractivity contribution < 1.29 is 13.2 Å². The zero-order valence-corrected chi connectivity index (χ0v) is 15.7. The van der Waals surface area contributed by atoms with E-state index in [1.165, 1.54) is 6.26 Å². The van der Waals surface area contributed by atoms with E-state index < -0.39 is 10.0 Å². The van der Waals surface area contributed by atoms with Crippen LogP contribution in [0.1, 0.15) is 31.0 Å². The van der Waals surface area contributed by atoms with E-state index in [1.807, 2.05) is 61.5 Å². The van der Waals surface area contributed by atoms with E-state index in [0.717, 1.165) is 23.4 Å². The van der Waals surface area contributed by atoms with Crippen molar-refractivity contribution in [1.82, 2.24) is 10.0 Å². The van der Waals surface area contributed by atoms with E-state index in [9.17, 15) is 8.42 Å². The molecular weight excluding hydrogens is 336 g/mol. The zero-order valence-electron chi connectivity index (χ0n) is 14.9. The molecular formula is C19H26N2O3S. The van der Waals surface area contributed by atoms with Crippen molar-refractivity contribution in [3.63, 3.8) is 0 Å². The van der Waals surface area contributed by atoms with Gasteiger partial charge in [-0.3, -0.25) is 0 Å². The molecule has 1 unspecified atom stereocenters. The Bertz CT molecular complexity index is 746. The molecule has 0 aromatic heterocycles. The van der Waals surface area contributed by atoms with Crippen LogP contribution in [0.5, 0.6) is 5.75 Å². The van der Waals surface area contributed by atoms with Crippen LogP contribution >= 0.6 is 0 Å². The van der Waals surface area contributed by atoms with Gasteiger partial charge in [0, 0.05) is 18.6 Å². The predicted octanol–water partition coefficient (Wildman–Crippen LogP) is 2.85. The lowest BCUT2D eigenvalue weighted by Gasteiger charge is -2.16. The average Bonchev–Trinajstić information content (AvgIpc) is 2.58. The number of hydrogen-bond acceptors (Lipinski definition) is 4. The molecule has 2 rings (SSSR count). The maximum atomic E-state index is 11.3. The number of rotatable bonds is 9. The van der Waals surface area contributed by atoms with Gasteiger partial charge in [-0.25, -0.2) is 13.1 Å². The highest BCUT2D eigenvalue weighted by Gasteiger charge is 2.10. The number of sulfonamides is 1. The molecule has 0 spiro atoms. The molecule has 5 nitrogen and oxygen atoms in total. The minimum absolute atomic E-state index is 0.214. The fourth-order valence-electron chi connectivity index (χ4n) is 2.40. The summed E-state index contributed by atoms with van der Waals surface area (Å²) in [5.74, 6) is 0.868. The first-order valence-electron chi connectivity index (χ1n) is 8.31. The number of benzene rings is 2. The monoisotopic (exact) mass is 362 g/mol. The first kappa shape index (κ1) is 19.4. The number of hydrogen-bond donors (Lipinski definition) is 2. The quantitative estimate of drug-likeness (QED) is 0.720. The van der Waals surface area contributed by atoms with Crippen LogP contribution < -0.4 is 14.8 Å². The largest absolute Gasteiger partial charge is 0.492 e. The minimum Gasteiger partial charge on any atom is -0.492 e. The van der Waals surface area contributed by atoms with Crippen LogP contribution in [-0.2, 0) is 16.6 Å². The standard InChI is InChI=1S/C19H26N2O3S/c1-15(14-24-19-7-5-4-6-8-19)20-13-17-9-11-18(12-10-17)16(2)21-25(3,22)23/h4-12,15-16,20-21H,13-14H2,1-3H3/t15?,16-/m1/s1. The van der Waals surface area contributed by atoms with E-state index in [4.69, 9.17) is 4.74 Å². The van der Waals surface area contributed by atoms with Gasteiger partial charge >= 0.3 is 0 Å². The molecule has 0 aliphatic rings. The summed E-state index contributed by atoms with van der Waals surface area (Å²) in [6.45, 7) is 5.23. The Balaban J connectivity index is 1.79. The Morgan fingerprint density at radius 2 is 1.64 bits per heavy atom. The summed E-state index contributed by atoms with van der Waals surface area (Å²) >= 11 is 0. The molecule has 0 heterocycles. The van der Waals surface area contributed by atoms with E-state index in [2.05, 4.69) is 17.0 Å². The molecule has 136 valence electrons. The van der Waals surface area contributed by atoms with Crippen molar-refractivity contribution in [2.24, 2.45) is 0 Å². The van der Waals surface area contributed by atoms with Crippen molar-refractivity contribution in [3.05, 3.63) is 65.7 Å². The molecule has 0 aliphatic heterocycles. The third-order valence-corrected chi connectivity index (χ3v) is 4.55. The zero-order chi connectivity index (χ0) is 18.3. The van der Waals surface area contributed by atoms with Crippen LogP contribution in [0.2, 0.25) is 0 Å². The molecule has 6 heteroatoms. The first-order valence-corrected chi connectivity index (χ1v) is 10.2. The highest BCUT2D eigenvalue weighted by molar-refractivity contribution is 7.88. The summed E-state index contributed by atoms with van der Waals surface area (Å²) in [5.41, 5.74) is 2.08. The highest BCUT2D eigenvalue weighted by Crippen LogP contribution is 2.14. The average molecular weight is 362 g/mol. The molecule has 0 fully saturated rings. The lowest BCUT2D eigenvalue weighted by Crippen LogP contribution is -2.31. The molecule has 2 aromatic carbocycles. The highest BCUT2D eigenvalue weighted by atomic mass is 32.2. The molecule has 0 saturated carbocycles. The van der Waals surface area contributed by atoms with Crippen LogP contribution in [0.3, 0.4) is 0 Å². The van der Waals surface area contributed by atoms with Crippen LogP contribution in [0.25, 0.3) is 0 Å². The SMILES string of the molecule is CC(COc1ccccc1)NCc1ccc([C@@H](C)NS(C)(=O)=O)cc1. The molecule has 0 saturated heterocycles. The van der Waals surface area contributed by atoms with Gasteiger partial charge in [-0.15, -0.1) is 0 Å². The van der Waals surface area contributed by atoms with Gasteiger partial charge in [0.25, 0.3) is 0 Å². The van der Waals surface area contributed by atoms with Gasteiger partial charge in [-0.05, 0) is 37.1 Å². The molecule has 0 aliphatic carbocycles. The van der Waals surface area contributed by atoms with E-state index in [1.54, 1.807) is 0 Å². The molecule has 0 amide bonds. The van der Waals surface area contributed by atoms with Gasteiger partial charge in [0.1, 0.15) is 12.4 Å². The molecule has 0 bridgehead atoms. The van der Waals surface area contributed by atoms with Crippen LogP contribution in [0.4, 0.5) is 0 Å². The second kappa shape index (κ2) is 8.99. The molecule has 2 N–H and O–H groups in total. The number of para-hydroxylation sites is 1. The Hall–Kier alpha value is -1.89. The first-order chi connectivity index (χ1) is 11.8. The third kappa shape index (κ3) is 7.25. The van der Waals surface area contributed by atoms with Gasteiger partial charge in [0.15, 0.2) is 0 Å². The van der Waals surface area contributed by atoms with E-state index in [-0.39, 0.29) is 12.1 Å². The van der Waals surface area contributed by atoms with Crippen molar-refractivity contribution in [3.8, 4) is 5.75 Å². The van der Waals surface area contributed by atoms with Crippen molar-refractivity contribution in [1.29, 1.82) is 0 Å². The summed E-state index contributed by atoms with van der Waals surface area (Å²) < 4.78 is 30.9. The molecule has 0 radical (unpaired) electrons. The molecule has 2 aromatic rings. The van der Waals surface area contributed by atoms with Gasteiger partial charge in [0.05, 0.1) is 6.26 Å².